The van der Waals surface area contributed by atoms with E-state index in [1.54, 1.807) is 0 Å². The molecular formula is C21H24O3. The first-order valence-electron chi connectivity index (χ1n) is 8.34. The molecule has 0 bridgehead atoms. The topological polar surface area (TPSA) is 38.8 Å². The van der Waals surface area contributed by atoms with Crippen molar-refractivity contribution >= 4 is 5.78 Å². The summed E-state index contributed by atoms with van der Waals surface area (Å²) in [5.74, 6) is 0.756. The van der Waals surface area contributed by atoms with Crippen LogP contribution < -0.4 is 4.74 Å². The second-order valence-electron chi connectivity index (χ2n) is 7.46. The molecule has 1 fully saturated rings. The molecule has 3 heteroatoms. The van der Waals surface area contributed by atoms with E-state index in [4.69, 9.17) is 9.47 Å². The Bertz CT molecular complexity index is 752. The van der Waals surface area contributed by atoms with Crippen LogP contribution in [-0.4, -0.2) is 25.1 Å². The van der Waals surface area contributed by atoms with Crippen LogP contribution in [0.2, 0.25) is 0 Å². The Morgan fingerprint density at radius 1 is 1.17 bits per heavy atom. The minimum atomic E-state index is -0.0584. The maximum Gasteiger partial charge on any atom is 0.193 e. The lowest BCUT2D eigenvalue weighted by atomic mass is 9.85. The van der Waals surface area contributed by atoms with Crippen LogP contribution >= 0.6 is 0 Å². The number of carbonyl (C=O) groups excluding carboxylic acids is 1. The predicted molar refractivity (Wildman–Crippen MR) is 95.0 cm³/mol. The van der Waals surface area contributed by atoms with Crippen molar-refractivity contribution in [3.8, 4) is 5.75 Å². The molecule has 0 spiro atoms. The number of hydrogen-bond acceptors (Lipinski definition) is 3. The summed E-state index contributed by atoms with van der Waals surface area (Å²) in [5, 5.41) is 0. The molecule has 1 saturated heterocycles. The highest BCUT2D eigenvalue weighted by molar-refractivity contribution is 6.09. The smallest absolute Gasteiger partial charge is 0.193 e. The number of ether oxygens (including phenoxy) is 2. The molecule has 0 N–H and O–H groups in total. The number of benzene rings is 2. The van der Waals surface area contributed by atoms with E-state index in [9.17, 15) is 4.79 Å². The van der Waals surface area contributed by atoms with Gasteiger partial charge in [-0.2, -0.15) is 0 Å². The molecule has 0 aromatic heterocycles. The number of carbonyl (C=O) groups is 1. The van der Waals surface area contributed by atoms with E-state index in [-0.39, 0.29) is 17.3 Å². The highest BCUT2D eigenvalue weighted by Crippen LogP contribution is 2.29. The lowest BCUT2D eigenvalue weighted by molar-refractivity contribution is 0.103. The Hall–Kier alpha value is -2.13. The normalized spacial score (nSPS) is 16.8. The quantitative estimate of drug-likeness (QED) is 0.608. The third-order valence-corrected chi connectivity index (χ3v) is 4.15. The number of epoxide rings is 1. The maximum absolute atomic E-state index is 12.9. The van der Waals surface area contributed by atoms with Crippen LogP contribution in [0.15, 0.2) is 42.5 Å². The first kappa shape index (κ1) is 16.7. The zero-order valence-electron chi connectivity index (χ0n) is 14.8. The van der Waals surface area contributed by atoms with Crippen molar-refractivity contribution in [1.29, 1.82) is 0 Å². The highest BCUT2D eigenvalue weighted by Gasteiger charge is 2.24. The molecule has 24 heavy (non-hydrogen) atoms. The first-order chi connectivity index (χ1) is 11.3. The number of aryl methyl sites for hydroxylation is 1. The van der Waals surface area contributed by atoms with Crippen molar-refractivity contribution in [1.82, 2.24) is 0 Å². The van der Waals surface area contributed by atoms with Gasteiger partial charge in [0.25, 0.3) is 0 Å². The van der Waals surface area contributed by atoms with E-state index in [0.29, 0.717) is 17.7 Å². The van der Waals surface area contributed by atoms with Gasteiger partial charge in [-0.25, -0.2) is 0 Å². The Kier molecular flexibility index (Phi) is 4.46. The SMILES string of the molecule is Cc1cccc(C(=O)c2cc(OCC3CO3)cc(C(C)(C)C)c2)c1. The molecule has 3 rings (SSSR count). The van der Waals surface area contributed by atoms with Crippen molar-refractivity contribution < 1.29 is 14.3 Å². The molecule has 1 aliphatic rings. The first-order valence-corrected chi connectivity index (χ1v) is 8.34. The van der Waals surface area contributed by atoms with Gasteiger partial charge in [-0.15, -0.1) is 0 Å². The Morgan fingerprint density at radius 2 is 1.92 bits per heavy atom. The standard InChI is InChI=1S/C21H24O3/c1-14-6-5-7-15(8-14)20(22)16-9-17(21(2,3)4)11-18(10-16)23-12-19-13-24-19/h5-11,19H,12-13H2,1-4H3. The van der Waals surface area contributed by atoms with Crippen LogP contribution in [0.5, 0.6) is 5.75 Å². The third-order valence-electron chi connectivity index (χ3n) is 4.15. The van der Waals surface area contributed by atoms with Gasteiger partial charge in [0.15, 0.2) is 5.78 Å². The summed E-state index contributed by atoms with van der Waals surface area (Å²) in [4.78, 5) is 12.9. The molecule has 126 valence electrons. The zero-order valence-corrected chi connectivity index (χ0v) is 14.8. The molecule has 3 nitrogen and oxygen atoms in total. The Morgan fingerprint density at radius 3 is 2.54 bits per heavy atom. The van der Waals surface area contributed by atoms with Crippen LogP contribution in [0.3, 0.4) is 0 Å². The predicted octanol–water partition coefficient (Wildman–Crippen LogP) is 4.30. The van der Waals surface area contributed by atoms with Gasteiger partial charge < -0.3 is 9.47 Å². The molecule has 0 saturated carbocycles. The van der Waals surface area contributed by atoms with Crippen molar-refractivity contribution in [3.05, 3.63) is 64.7 Å². The summed E-state index contributed by atoms with van der Waals surface area (Å²) in [5.41, 5.74) is 3.48. The van der Waals surface area contributed by atoms with Crippen LogP contribution in [0, 0.1) is 6.92 Å². The molecule has 2 aromatic rings. The van der Waals surface area contributed by atoms with Gasteiger partial charge in [-0.1, -0.05) is 44.5 Å². The molecule has 1 heterocycles. The second-order valence-corrected chi connectivity index (χ2v) is 7.46. The number of ketones is 1. The van der Waals surface area contributed by atoms with Crippen LogP contribution in [-0.2, 0) is 10.2 Å². The van der Waals surface area contributed by atoms with Gasteiger partial charge in [0.05, 0.1) is 6.61 Å². The maximum atomic E-state index is 12.9. The fourth-order valence-electron chi connectivity index (χ4n) is 2.55. The van der Waals surface area contributed by atoms with E-state index in [1.165, 1.54) is 0 Å². The lowest BCUT2D eigenvalue weighted by Crippen LogP contribution is -2.14. The molecular weight excluding hydrogens is 300 g/mol. The zero-order chi connectivity index (χ0) is 17.3. The van der Waals surface area contributed by atoms with Gasteiger partial charge in [-0.05, 0) is 42.2 Å². The van der Waals surface area contributed by atoms with Crippen LogP contribution in [0.25, 0.3) is 0 Å². The van der Waals surface area contributed by atoms with Gasteiger partial charge in [0, 0.05) is 11.1 Å². The average Bonchev–Trinajstić information content (AvgIpc) is 3.35. The fraction of sp³-hybridized carbons (Fsp3) is 0.381. The molecule has 1 aliphatic heterocycles. The summed E-state index contributed by atoms with van der Waals surface area (Å²) >= 11 is 0. The van der Waals surface area contributed by atoms with Gasteiger partial charge >= 0.3 is 0 Å². The van der Waals surface area contributed by atoms with Crippen LogP contribution in [0.4, 0.5) is 0 Å². The molecule has 1 atom stereocenters. The van der Waals surface area contributed by atoms with Crippen LogP contribution in [0.1, 0.15) is 47.8 Å². The largest absolute Gasteiger partial charge is 0.491 e. The van der Waals surface area contributed by atoms with Crippen molar-refractivity contribution in [2.75, 3.05) is 13.2 Å². The molecule has 1 unspecified atom stereocenters. The van der Waals surface area contributed by atoms with E-state index < -0.39 is 0 Å². The molecule has 2 aromatic carbocycles. The lowest BCUT2D eigenvalue weighted by Gasteiger charge is -2.21. The minimum absolute atomic E-state index is 0.0253. The minimum Gasteiger partial charge on any atom is -0.491 e. The Labute approximate surface area is 143 Å². The summed E-state index contributed by atoms with van der Waals surface area (Å²) in [6.07, 6.45) is 0.194. The number of rotatable bonds is 5. The molecule has 0 radical (unpaired) electrons. The fourth-order valence-corrected chi connectivity index (χ4v) is 2.55. The molecule has 0 amide bonds. The van der Waals surface area contributed by atoms with Gasteiger partial charge in [0.1, 0.15) is 18.5 Å². The summed E-state index contributed by atoms with van der Waals surface area (Å²) < 4.78 is 11.0. The van der Waals surface area contributed by atoms with E-state index in [2.05, 4.69) is 20.8 Å². The second kappa shape index (κ2) is 6.40. The van der Waals surface area contributed by atoms with Gasteiger partial charge in [-0.3, -0.25) is 4.79 Å². The Balaban J connectivity index is 1.95. The highest BCUT2D eigenvalue weighted by atomic mass is 16.6. The van der Waals surface area contributed by atoms with Crippen molar-refractivity contribution in [2.24, 2.45) is 0 Å². The summed E-state index contributed by atoms with van der Waals surface area (Å²) in [6, 6.07) is 13.5. The van der Waals surface area contributed by atoms with E-state index in [0.717, 1.165) is 23.5 Å². The monoisotopic (exact) mass is 324 g/mol. The summed E-state index contributed by atoms with van der Waals surface area (Å²) in [7, 11) is 0. The van der Waals surface area contributed by atoms with Gasteiger partial charge in [0.2, 0.25) is 0 Å². The van der Waals surface area contributed by atoms with E-state index >= 15 is 0 Å². The van der Waals surface area contributed by atoms with Crippen molar-refractivity contribution in [2.45, 2.75) is 39.2 Å². The van der Waals surface area contributed by atoms with Crippen molar-refractivity contribution in [3.63, 3.8) is 0 Å². The molecule has 0 aliphatic carbocycles. The summed E-state index contributed by atoms with van der Waals surface area (Å²) in [6.45, 7) is 9.69. The van der Waals surface area contributed by atoms with E-state index in [1.807, 2.05) is 49.4 Å². The third kappa shape index (κ3) is 4.04. The average molecular weight is 324 g/mol. The number of hydrogen-bond donors (Lipinski definition) is 0.